The number of nitrogens with one attached hydrogen (secondary N) is 1. The van der Waals surface area contributed by atoms with E-state index in [1.165, 1.54) is 0 Å². The number of nitriles is 1. The van der Waals surface area contributed by atoms with Gasteiger partial charge in [-0.2, -0.15) is 5.26 Å². The minimum absolute atomic E-state index is 0.120. The summed E-state index contributed by atoms with van der Waals surface area (Å²) in [6.07, 6.45) is 1.32. The van der Waals surface area contributed by atoms with Crippen molar-refractivity contribution >= 4 is 23.4 Å². The first-order chi connectivity index (χ1) is 10.8. The van der Waals surface area contributed by atoms with Crippen LogP contribution < -0.4 is 10.2 Å². The molecule has 0 saturated carbocycles. The van der Waals surface area contributed by atoms with Gasteiger partial charge >= 0.3 is 6.09 Å². The summed E-state index contributed by atoms with van der Waals surface area (Å²) in [5, 5.41) is 12.3. The van der Waals surface area contributed by atoms with Crippen LogP contribution in [-0.4, -0.2) is 30.8 Å². The van der Waals surface area contributed by atoms with Gasteiger partial charge in [0, 0.05) is 24.8 Å². The van der Waals surface area contributed by atoms with Crippen molar-refractivity contribution in [2.24, 2.45) is 0 Å². The van der Waals surface area contributed by atoms with Gasteiger partial charge in [-0.05, 0) is 51.8 Å². The number of ether oxygens (including phenoxy) is 1. The average Bonchev–Trinajstić information content (AvgIpc) is 2.46. The number of anilines is 1. The minimum Gasteiger partial charge on any atom is -0.444 e. The predicted octanol–water partition coefficient (Wildman–Crippen LogP) is 3.71. The van der Waals surface area contributed by atoms with Gasteiger partial charge in [0.25, 0.3) is 0 Å². The lowest BCUT2D eigenvalue weighted by atomic mass is 10.0. The Labute approximate surface area is 142 Å². The molecular weight excluding hydrogens is 314 g/mol. The summed E-state index contributed by atoms with van der Waals surface area (Å²) in [4.78, 5) is 14.0. The molecule has 1 aliphatic heterocycles. The average molecular weight is 336 g/mol. The lowest BCUT2D eigenvalue weighted by Gasteiger charge is -2.34. The molecule has 0 unspecified atom stereocenters. The smallest absolute Gasteiger partial charge is 0.407 e. The molecule has 6 heteroatoms. The van der Waals surface area contributed by atoms with Crippen LogP contribution >= 0.6 is 11.6 Å². The molecule has 23 heavy (non-hydrogen) atoms. The fourth-order valence-electron chi connectivity index (χ4n) is 2.55. The zero-order valence-corrected chi connectivity index (χ0v) is 14.5. The molecule has 1 aliphatic rings. The number of hydrogen-bond donors (Lipinski definition) is 1. The normalized spacial score (nSPS) is 15.9. The summed E-state index contributed by atoms with van der Waals surface area (Å²) < 4.78 is 5.28. The van der Waals surface area contributed by atoms with E-state index in [-0.39, 0.29) is 12.1 Å². The van der Waals surface area contributed by atoms with Crippen LogP contribution in [0.4, 0.5) is 10.5 Å². The number of halogens is 1. The zero-order chi connectivity index (χ0) is 17.0. The van der Waals surface area contributed by atoms with E-state index in [1.54, 1.807) is 6.07 Å². The number of rotatable bonds is 2. The Morgan fingerprint density at radius 1 is 1.39 bits per heavy atom. The lowest BCUT2D eigenvalue weighted by Crippen LogP contribution is -2.46. The molecule has 0 aliphatic carbocycles. The van der Waals surface area contributed by atoms with Crippen molar-refractivity contribution in [3.8, 4) is 6.07 Å². The number of alkyl carbamates (subject to hydrolysis) is 1. The Hall–Kier alpha value is -1.93. The van der Waals surface area contributed by atoms with Gasteiger partial charge in [0.15, 0.2) is 0 Å². The van der Waals surface area contributed by atoms with Crippen molar-refractivity contribution in [1.29, 1.82) is 5.26 Å². The number of amides is 1. The summed E-state index contributed by atoms with van der Waals surface area (Å²) in [7, 11) is 0. The number of carbonyl (C=O) groups excluding carboxylic acids is 1. The maximum atomic E-state index is 11.8. The second kappa shape index (κ2) is 7.10. The van der Waals surface area contributed by atoms with Crippen molar-refractivity contribution < 1.29 is 9.53 Å². The first-order valence-electron chi connectivity index (χ1n) is 7.72. The number of benzene rings is 1. The number of carbonyl (C=O) groups is 1. The van der Waals surface area contributed by atoms with Crippen LogP contribution in [0.2, 0.25) is 5.02 Å². The summed E-state index contributed by atoms with van der Waals surface area (Å²) >= 11 is 6.09. The van der Waals surface area contributed by atoms with E-state index in [9.17, 15) is 4.79 Å². The Morgan fingerprint density at radius 2 is 2.04 bits per heavy atom. The predicted molar refractivity (Wildman–Crippen MR) is 90.8 cm³/mol. The highest BCUT2D eigenvalue weighted by Crippen LogP contribution is 2.25. The molecule has 0 atom stereocenters. The zero-order valence-electron chi connectivity index (χ0n) is 13.7. The topological polar surface area (TPSA) is 65.4 Å². The van der Waals surface area contributed by atoms with Crippen molar-refractivity contribution in [1.82, 2.24) is 5.32 Å². The van der Waals surface area contributed by atoms with Gasteiger partial charge < -0.3 is 15.0 Å². The molecule has 0 spiro atoms. The van der Waals surface area contributed by atoms with Crippen LogP contribution in [-0.2, 0) is 4.74 Å². The Bertz CT molecular complexity index is 611. The van der Waals surface area contributed by atoms with E-state index in [0.717, 1.165) is 31.6 Å². The summed E-state index contributed by atoms with van der Waals surface area (Å²) in [6, 6.07) is 7.65. The third kappa shape index (κ3) is 5.04. The number of hydrogen-bond acceptors (Lipinski definition) is 4. The number of piperidine rings is 1. The quantitative estimate of drug-likeness (QED) is 0.894. The van der Waals surface area contributed by atoms with Crippen LogP contribution in [0.1, 0.15) is 39.2 Å². The molecule has 124 valence electrons. The van der Waals surface area contributed by atoms with Crippen molar-refractivity contribution in [2.45, 2.75) is 45.3 Å². The van der Waals surface area contributed by atoms with Crippen molar-refractivity contribution in [3.05, 3.63) is 28.8 Å². The van der Waals surface area contributed by atoms with Gasteiger partial charge in [-0.15, -0.1) is 0 Å². The van der Waals surface area contributed by atoms with E-state index in [1.807, 2.05) is 32.9 Å². The van der Waals surface area contributed by atoms with Gasteiger partial charge in [0.1, 0.15) is 11.7 Å². The third-order valence-electron chi connectivity index (χ3n) is 3.65. The lowest BCUT2D eigenvalue weighted by molar-refractivity contribution is 0.0497. The third-order valence-corrected chi connectivity index (χ3v) is 3.97. The standard InChI is InChI=1S/C17H22ClN3O2/c1-17(2,3)23-16(22)20-13-6-8-21(9-7-13)14-5-4-12(11-19)15(18)10-14/h4-5,10,13H,6-9H2,1-3H3,(H,20,22). The molecule has 1 fully saturated rings. The highest BCUT2D eigenvalue weighted by molar-refractivity contribution is 6.32. The Balaban J connectivity index is 1.88. The second-order valence-electron chi connectivity index (χ2n) is 6.68. The summed E-state index contributed by atoms with van der Waals surface area (Å²) in [5.41, 5.74) is 1.01. The summed E-state index contributed by atoms with van der Waals surface area (Å²) in [5.74, 6) is 0. The minimum atomic E-state index is -0.482. The van der Waals surface area contributed by atoms with E-state index >= 15 is 0 Å². The Kier molecular flexibility index (Phi) is 5.38. The molecule has 0 aromatic heterocycles. The SMILES string of the molecule is CC(C)(C)OC(=O)NC1CCN(c2ccc(C#N)c(Cl)c2)CC1. The molecule has 0 bridgehead atoms. The largest absolute Gasteiger partial charge is 0.444 e. The van der Waals surface area contributed by atoms with Gasteiger partial charge in [0.2, 0.25) is 0 Å². The monoisotopic (exact) mass is 335 g/mol. The van der Waals surface area contributed by atoms with Crippen LogP contribution in [0, 0.1) is 11.3 Å². The molecule has 1 saturated heterocycles. The van der Waals surface area contributed by atoms with Crippen LogP contribution in [0.5, 0.6) is 0 Å². The fourth-order valence-corrected chi connectivity index (χ4v) is 2.76. The van der Waals surface area contributed by atoms with E-state index in [2.05, 4.69) is 16.3 Å². The second-order valence-corrected chi connectivity index (χ2v) is 7.09. The van der Waals surface area contributed by atoms with Gasteiger partial charge in [-0.25, -0.2) is 4.79 Å². The van der Waals surface area contributed by atoms with Crippen molar-refractivity contribution in [3.63, 3.8) is 0 Å². The van der Waals surface area contributed by atoms with Crippen LogP contribution in [0.25, 0.3) is 0 Å². The van der Waals surface area contributed by atoms with E-state index in [0.29, 0.717) is 10.6 Å². The highest BCUT2D eigenvalue weighted by Gasteiger charge is 2.24. The molecule has 1 N–H and O–H groups in total. The first-order valence-corrected chi connectivity index (χ1v) is 8.10. The molecule has 1 aromatic carbocycles. The van der Waals surface area contributed by atoms with Gasteiger partial charge in [0.05, 0.1) is 10.6 Å². The van der Waals surface area contributed by atoms with Crippen LogP contribution in [0.15, 0.2) is 18.2 Å². The fraction of sp³-hybridized carbons (Fsp3) is 0.529. The van der Waals surface area contributed by atoms with Crippen molar-refractivity contribution in [2.75, 3.05) is 18.0 Å². The molecular formula is C17H22ClN3O2. The molecule has 0 radical (unpaired) electrons. The molecule has 5 nitrogen and oxygen atoms in total. The summed E-state index contributed by atoms with van der Waals surface area (Å²) in [6.45, 7) is 7.20. The maximum absolute atomic E-state index is 11.8. The number of nitrogens with zero attached hydrogens (tertiary/aromatic N) is 2. The Morgan fingerprint density at radius 3 is 2.57 bits per heavy atom. The molecule has 1 heterocycles. The maximum Gasteiger partial charge on any atom is 0.407 e. The van der Waals surface area contributed by atoms with E-state index in [4.69, 9.17) is 21.6 Å². The van der Waals surface area contributed by atoms with Gasteiger partial charge in [-0.3, -0.25) is 0 Å². The molecule has 2 rings (SSSR count). The van der Waals surface area contributed by atoms with Crippen LogP contribution in [0.3, 0.4) is 0 Å². The molecule has 1 aromatic rings. The highest BCUT2D eigenvalue weighted by atomic mass is 35.5. The molecule has 1 amide bonds. The van der Waals surface area contributed by atoms with Gasteiger partial charge in [-0.1, -0.05) is 11.6 Å². The van der Waals surface area contributed by atoms with E-state index < -0.39 is 5.60 Å². The first kappa shape index (κ1) is 17.4.